The Labute approximate surface area is 113 Å². The standard InChI is InChI=1S/C15H12N4/c1-3-7-18-12-16(9-14(18)5-1)11-17-10-15-6-2-4-8-19(15)13-17/h1-10H,11H2. The molecule has 0 bridgehead atoms. The van der Waals surface area contributed by atoms with Crippen molar-refractivity contribution in [2.45, 2.75) is 0 Å². The summed E-state index contributed by atoms with van der Waals surface area (Å²) < 4.78 is 0. The van der Waals surface area contributed by atoms with Crippen molar-refractivity contribution in [3.63, 3.8) is 0 Å². The minimum atomic E-state index is 0.698. The first kappa shape index (κ1) is 10.6. The third-order valence-corrected chi connectivity index (χ3v) is 3.14. The van der Waals surface area contributed by atoms with Crippen molar-refractivity contribution in [1.29, 1.82) is 0 Å². The second-order valence-electron chi connectivity index (χ2n) is 4.53. The summed E-state index contributed by atoms with van der Waals surface area (Å²) in [6, 6.07) is 0. The minimum Gasteiger partial charge on any atom is -0.327 e. The molecular formula is C15H12N4. The zero-order valence-corrected chi connectivity index (χ0v) is 10.3. The molecule has 0 unspecified atom stereocenters. The highest BCUT2D eigenvalue weighted by atomic mass is 15.5. The number of nitrogens with zero attached hydrogens (tertiary/aromatic N) is 4. The summed E-state index contributed by atoms with van der Waals surface area (Å²) in [4.78, 5) is 8.00. The lowest BCUT2D eigenvalue weighted by Gasteiger charge is -2.23. The SMILES string of the molecule is [C]1N(CN2[C]N3C=CC=CC3=C2)C=C2C=CC=CN12. The molecule has 0 N–H and O–H groups in total. The predicted molar refractivity (Wildman–Crippen MR) is 71.4 cm³/mol. The maximum atomic E-state index is 3.27. The smallest absolute Gasteiger partial charge is 0.214 e. The fourth-order valence-corrected chi connectivity index (χ4v) is 2.27. The van der Waals surface area contributed by atoms with Gasteiger partial charge < -0.3 is 19.6 Å². The van der Waals surface area contributed by atoms with Gasteiger partial charge in [-0.1, -0.05) is 12.2 Å². The highest BCUT2D eigenvalue weighted by molar-refractivity contribution is 5.33. The molecular weight excluding hydrogens is 236 g/mol. The quantitative estimate of drug-likeness (QED) is 0.741. The second kappa shape index (κ2) is 4.09. The van der Waals surface area contributed by atoms with Gasteiger partial charge in [-0.25, -0.2) is 0 Å². The monoisotopic (exact) mass is 248 g/mol. The van der Waals surface area contributed by atoms with E-state index >= 15 is 0 Å². The van der Waals surface area contributed by atoms with Gasteiger partial charge in [0, 0.05) is 24.8 Å². The van der Waals surface area contributed by atoms with E-state index in [1.807, 2.05) is 56.3 Å². The van der Waals surface area contributed by atoms with Crippen LogP contribution in [0.25, 0.3) is 0 Å². The third-order valence-electron chi connectivity index (χ3n) is 3.14. The lowest BCUT2D eigenvalue weighted by atomic mass is 10.3. The van der Waals surface area contributed by atoms with Crippen molar-refractivity contribution < 1.29 is 0 Å². The molecule has 0 aliphatic carbocycles. The number of allylic oxidation sites excluding steroid dienone is 6. The van der Waals surface area contributed by atoms with E-state index in [1.165, 1.54) is 0 Å². The van der Waals surface area contributed by atoms with Crippen molar-refractivity contribution in [2.24, 2.45) is 0 Å². The van der Waals surface area contributed by atoms with Crippen LogP contribution in [0.1, 0.15) is 0 Å². The van der Waals surface area contributed by atoms with E-state index in [-0.39, 0.29) is 0 Å². The molecule has 4 heterocycles. The Morgan fingerprint density at radius 2 is 1.26 bits per heavy atom. The Morgan fingerprint density at radius 1 is 0.737 bits per heavy atom. The fraction of sp³-hybridized carbons (Fsp3) is 0.0667. The van der Waals surface area contributed by atoms with Crippen LogP contribution in [0.3, 0.4) is 0 Å². The normalized spacial score (nSPS) is 22.9. The third kappa shape index (κ3) is 1.85. The molecule has 0 aromatic carbocycles. The van der Waals surface area contributed by atoms with Crippen LogP contribution in [-0.4, -0.2) is 26.3 Å². The van der Waals surface area contributed by atoms with Gasteiger partial charge in [0.05, 0.1) is 18.1 Å². The average molecular weight is 248 g/mol. The molecule has 4 rings (SSSR count). The van der Waals surface area contributed by atoms with Crippen molar-refractivity contribution in [3.8, 4) is 0 Å². The molecule has 0 aromatic heterocycles. The molecule has 0 atom stereocenters. The van der Waals surface area contributed by atoms with Crippen LogP contribution >= 0.6 is 0 Å². The molecule has 0 fully saturated rings. The lowest BCUT2D eigenvalue weighted by molar-refractivity contribution is 0.260. The zero-order chi connectivity index (χ0) is 12.7. The molecule has 92 valence electrons. The summed E-state index contributed by atoms with van der Waals surface area (Å²) in [5.74, 6) is 0. The second-order valence-corrected chi connectivity index (χ2v) is 4.53. The van der Waals surface area contributed by atoms with E-state index in [2.05, 4.69) is 37.9 Å². The molecule has 4 nitrogen and oxygen atoms in total. The molecule has 0 spiro atoms. The van der Waals surface area contributed by atoms with Gasteiger partial charge in [-0.3, -0.25) is 0 Å². The molecule has 4 heteroatoms. The molecule has 0 aromatic rings. The molecule has 4 aliphatic rings. The first-order chi connectivity index (χ1) is 9.38. The van der Waals surface area contributed by atoms with Crippen molar-refractivity contribution in [1.82, 2.24) is 19.6 Å². The van der Waals surface area contributed by atoms with Crippen LogP contribution in [-0.2, 0) is 0 Å². The molecule has 0 amide bonds. The van der Waals surface area contributed by atoms with E-state index in [9.17, 15) is 0 Å². The van der Waals surface area contributed by atoms with Crippen molar-refractivity contribution >= 4 is 0 Å². The number of rotatable bonds is 2. The van der Waals surface area contributed by atoms with Gasteiger partial charge in [-0.05, 0) is 24.3 Å². The van der Waals surface area contributed by atoms with Gasteiger partial charge in [0.2, 0.25) is 13.3 Å². The Bertz CT molecular complexity index is 515. The molecule has 4 aliphatic heterocycles. The zero-order valence-electron chi connectivity index (χ0n) is 10.3. The van der Waals surface area contributed by atoms with Gasteiger partial charge in [0.1, 0.15) is 0 Å². The first-order valence-electron chi connectivity index (χ1n) is 6.16. The number of hydrogen-bond donors (Lipinski definition) is 0. The van der Waals surface area contributed by atoms with E-state index in [4.69, 9.17) is 0 Å². The highest BCUT2D eigenvalue weighted by Crippen LogP contribution is 2.27. The Morgan fingerprint density at radius 3 is 1.74 bits per heavy atom. The summed E-state index contributed by atoms with van der Waals surface area (Å²) in [5.41, 5.74) is 2.26. The summed E-state index contributed by atoms with van der Waals surface area (Å²) in [7, 11) is 0. The maximum Gasteiger partial charge on any atom is 0.214 e. The summed E-state index contributed by atoms with van der Waals surface area (Å²) >= 11 is 0. The summed E-state index contributed by atoms with van der Waals surface area (Å²) in [5, 5.41) is 0. The van der Waals surface area contributed by atoms with Gasteiger partial charge in [0.25, 0.3) is 0 Å². The van der Waals surface area contributed by atoms with E-state index < -0.39 is 0 Å². The summed E-state index contributed by atoms with van der Waals surface area (Å²) in [6.07, 6.45) is 20.3. The van der Waals surface area contributed by atoms with Crippen LogP contribution in [0.2, 0.25) is 0 Å². The number of hydrogen-bond acceptors (Lipinski definition) is 4. The molecule has 4 radical (unpaired) electrons. The van der Waals surface area contributed by atoms with E-state index in [1.54, 1.807) is 0 Å². The Kier molecular flexibility index (Phi) is 2.27. The number of fused-ring (bicyclic) bond motifs is 2. The van der Waals surface area contributed by atoms with E-state index in [0.717, 1.165) is 11.4 Å². The van der Waals surface area contributed by atoms with Crippen LogP contribution < -0.4 is 0 Å². The minimum absolute atomic E-state index is 0.698. The molecule has 0 saturated carbocycles. The topological polar surface area (TPSA) is 13.0 Å². The van der Waals surface area contributed by atoms with E-state index in [0.29, 0.717) is 6.67 Å². The van der Waals surface area contributed by atoms with Crippen LogP contribution in [0, 0.1) is 13.3 Å². The van der Waals surface area contributed by atoms with Crippen molar-refractivity contribution in [2.75, 3.05) is 6.67 Å². The Balaban J connectivity index is 1.44. The lowest BCUT2D eigenvalue weighted by Crippen LogP contribution is -2.29. The van der Waals surface area contributed by atoms with Crippen LogP contribution in [0.5, 0.6) is 0 Å². The first-order valence-corrected chi connectivity index (χ1v) is 6.16. The maximum absolute atomic E-state index is 3.27. The Hall–Kier alpha value is -2.36. The van der Waals surface area contributed by atoms with Crippen molar-refractivity contribution in [3.05, 3.63) is 86.0 Å². The van der Waals surface area contributed by atoms with Gasteiger partial charge in [-0.2, -0.15) is 0 Å². The fourth-order valence-electron chi connectivity index (χ4n) is 2.27. The average Bonchev–Trinajstić information content (AvgIpc) is 3.00. The van der Waals surface area contributed by atoms with Crippen LogP contribution in [0.4, 0.5) is 0 Å². The molecule has 19 heavy (non-hydrogen) atoms. The highest BCUT2D eigenvalue weighted by Gasteiger charge is 2.26. The van der Waals surface area contributed by atoms with Gasteiger partial charge in [-0.15, -0.1) is 0 Å². The van der Waals surface area contributed by atoms with Crippen LogP contribution in [0.15, 0.2) is 72.7 Å². The largest absolute Gasteiger partial charge is 0.327 e. The predicted octanol–water partition coefficient (Wildman–Crippen LogP) is 2.02. The van der Waals surface area contributed by atoms with Gasteiger partial charge in [0.15, 0.2) is 0 Å². The summed E-state index contributed by atoms with van der Waals surface area (Å²) in [6.45, 7) is 7.24. The van der Waals surface area contributed by atoms with Gasteiger partial charge >= 0.3 is 0 Å². The molecule has 0 saturated heterocycles.